The summed E-state index contributed by atoms with van der Waals surface area (Å²) in [4.78, 5) is 15.7. The van der Waals surface area contributed by atoms with E-state index in [0.29, 0.717) is 5.69 Å². The van der Waals surface area contributed by atoms with Crippen molar-refractivity contribution in [3.63, 3.8) is 0 Å². The summed E-state index contributed by atoms with van der Waals surface area (Å²) in [5.74, 6) is 0.102. The largest absolute Gasteiger partial charge is 0.497 e. The van der Waals surface area contributed by atoms with E-state index in [0.717, 1.165) is 6.07 Å². The number of pyridine rings is 1. The highest BCUT2D eigenvalue weighted by Gasteiger charge is 2.33. The van der Waals surface area contributed by atoms with E-state index in [2.05, 4.69) is 15.6 Å². The quantitative estimate of drug-likeness (QED) is 0.880. The molecule has 24 heavy (non-hydrogen) atoms. The molecule has 0 saturated carbocycles. The van der Waals surface area contributed by atoms with Crippen molar-refractivity contribution in [2.24, 2.45) is 0 Å². The molecule has 0 saturated heterocycles. The van der Waals surface area contributed by atoms with Gasteiger partial charge >= 0.3 is 12.2 Å². The lowest BCUT2D eigenvalue weighted by atomic mass is 10.1. The first-order valence-electron chi connectivity index (χ1n) is 7.06. The van der Waals surface area contributed by atoms with Gasteiger partial charge in [0.05, 0.1) is 24.9 Å². The molecule has 0 bridgehead atoms. The van der Waals surface area contributed by atoms with Crippen molar-refractivity contribution in [3.8, 4) is 5.75 Å². The van der Waals surface area contributed by atoms with Gasteiger partial charge in [-0.15, -0.1) is 0 Å². The average molecular weight is 339 g/mol. The summed E-state index contributed by atoms with van der Waals surface area (Å²) >= 11 is 0. The molecule has 0 aliphatic rings. The predicted molar refractivity (Wildman–Crippen MR) is 81.3 cm³/mol. The number of carbonyl (C=O) groups is 1. The summed E-state index contributed by atoms with van der Waals surface area (Å²) in [6.07, 6.45) is -2.95. The van der Waals surface area contributed by atoms with E-state index in [1.54, 1.807) is 24.4 Å². The number of ether oxygens (including phenoxy) is 1. The first-order valence-corrected chi connectivity index (χ1v) is 7.06. The van der Waals surface area contributed by atoms with Crippen molar-refractivity contribution < 1.29 is 22.7 Å². The Labute approximate surface area is 136 Å². The van der Waals surface area contributed by atoms with Crippen LogP contribution in [0.2, 0.25) is 0 Å². The van der Waals surface area contributed by atoms with Crippen molar-refractivity contribution in [2.45, 2.75) is 19.3 Å². The number of methoxy groups -OCH3 is 1. The van der Waals surface area contributed by atoms with Crippen molar-refractivity contribution in [1.29, 1.82) is 0 Å². The number of nitrogens with one attached hydrogen (secondary N) is 2. The molecule has 0 fully saturated rings. The van der Waals surface area contributed by atoms with E-state index in [1.165, 1.54) is 19.2 Å². The number of halogens is 3. The van der Waals surface area contributed by atoms with Crippen LogP contribution < -0.4 is 15.4 Å². The standard InChI is InChI=1S/C16H16F3N3O2/c1-24-13-6-5-11(14(8-13)16(17,18)19)9-21-15(23)22-10-12-4-2-3-7-20-12/h2-8H,9-10H2,1H3,(H2,21,22,23). The van der Waals surface area contributed by atoms with E-state index in [4.69, 9.17) is 4.74 Å². The maximum Gasteiger partial charge on any atom is 0.416 e. The number of rotatable bonds is 5. The Morgan fingerprint density at radius 3 is 2.54 bits per heavy atom. The zero-order valence-electron chi connectivity index (χ0n) is 12.9. The first-order chi connectivity index (χ1) is 11.4. The molecule has 0 aliphatic heterocycles. The number of hydrogen-bond donors (Lipinski definition) is 2. The van der Waals surface area contributed by atoms with Gasteiger partial charge in [-0.25, -0.2) is 4.79 Å². The third-order valence-electron chi connectivity index (χ3n) is 3.22. The molecular weight excluding hydrogens is 323 g/mol. The zero-order chi connectivity index (χ0) is 17.6. The van der Waals surface area contributed by atoms with Gasteiger partial charge in [-0.05, 0) is 29.8 Å². The minimum Gasteiger partial charge on any atom is -0.497 e. The fourth-order valence-corrected chi connectivity index (χ4v) is 2.01. The topological polar surface area (TPSA) is 63.2 Å². The minimum absolute atomic E-state index is 0.0451. The summed E-state index contributed by atoms with van der Waals surface area (Å²) < 4.78 is 44.0. The maximum atomic E-state index is 13.1. The van der Waals surface area contributed by atoms with Crippen LogP contribution in [-0.2, 0) is 19.3 Å². The molecule has 2 rings (SSSR count). The van der Waals surface area contributed by atoms with Crippen LogP contribution in [0, 0.1) is 0 Å². The molecule has 0 atom stereocenters. The van der Waals surface area contributed by atoms with Crippen LogP contribution in [0.15, 0.2) is 42.6 Å². The van der Waals surface area contributed by atoms with Crippen molar-refractivity contribution >= 4 is 6.03 Å². The van der Waals surface area contributed by atoms with Gasteiger partial charge in [-0.3, -0.25) is 4.98 Å². The third-order valence-corrected chi connectivity index (χ3v) is 3.22. The number of aromatic nitrogens is 1. The zero-order valence-corrected chi connectivity index (χ0v) is 12.9. The molecule has 2 N–H and O–H groups in total. The molecule has 5 nitrogen and oxygen atoms in total. The SMILES string of the molecule is COc1ccc(CNC(=O)NCc2ccccn2)c(C(F)(F)F)c1. The minimum atomic E-state index is -4.53. The molecule has 0 aliphatic carbocycles. The molecule has 1 aromatic carbocycles. The summed E-state index contributed by atoms with van der Waals surface area (Å²) in [6.45, 7) is -0.0751. The van der Waals surface area contributed by atoms with Crippen LogP contribution in [-0.4, -0.2) is 18.1 Å². The molecule has 1 heterocycles. The maximum absolute atomic E-state index is 13.1. The number of benzene rings is 1. The number of alkyl halides is 3. The molecule has 0 unspecified atom stereocenters. The number of nitrogens with zero attached hydrogens (tertiary/aromatic N) is 1. The van der Waals surface area contributed by atoms with Crippen LogP contribution in [0.4, 0.5) is 18.0 Å². The summed E-state index contributed by atoms with van der Waals surface area (Å²) in [6, 6.07) is 8.26. The van der Waals surface area contributed by atoms with Gasteiger partial charge in [0.2, 0.25) is 0 Å². The lowest BCUT2D eigenvalue weighted by Gasteiger charge is -2.15. The van der Waals surface area contributed by atoms with Gasteiger partial charge in [0, 0.05) is 12.7 Å². The summed E-state index contributed by atoms with van der Waals surface area (Å²) in [7, 11) is 1.29. The van der Waals surface area contributed by atoms with E-state index < -0.39 is 17.8 Å². The molecular formula is C16H16F3N3O2. The van der Waals surface area contributed by atoms with Gasteiger partial charge < -0.3 is 15.4 Å². The van der Waals surface area contributed by atoms with Gasteiger partial charge in [0.25, 0.3) is 0 Å². The van der Waals surface area contributed by atoms with Gasteiger partial charge in [-0.1, -0.05) is 12.1 Å². The highest BCUT2D eigenvalue weighted by Crippen LogP contribution is 2.34. The number of amides is 2. The molecule has 128 valence electrons. The monoisotopic (exact) mass is 339 g/mol. The van der Waals surface area contributed by atoms with Crippen LogP contribution in [0.25, 0.3) is 0 Å². The fraction of sp³-hybridized carbons (Fsp3) is 0.250. The van der Waals surface area contributed by atoms with Crippen molar-refractivity contribution in [3.05, 3.63) is 59.4 Å². The molecule has 2 aromatic rings. The highest BCUT2D eigenvalue weighted by molar-refractivity contribution is 5.73. The Morgan fingerprint density at radius 1 is 1.17 bits per heavy atom. The number of hydrogen-bond acceptors (Lipinski definition) is 3. The number of urea groups is 1. The summed E-state index contributed by atoms with van der Waals surface area (Å²) in [5, 5.41) is 4.93. The molecule has 8 heteroatoms. The Bertz CT molecular complexity index is 691. The fourth-order valence-electron chi connectivity index (χ4n) is 2.01. The second-order valence-electron chi connectivity index (χ2n) is 4.88. The van der Waals surface area contributed by atoms with Crippen LogP contribution in [0.5, 0.6) is 5.75 Å². The normalized spacial score (nSPS) is 11.0. The van der Waals surface area contributed by atoms with Crippen LogP contribution in [0.3, 0.4) is 0 Å². The smallest absolute Gasteiger partial charge is 0.416 e. The Kier molecular flexibility index (Phi) is 5.62. The molecule has 0 spiro atoms. The van der Waals surface area contributed by atoms with E-state index in [1.807, 2.05) is 0 Å². The third kappa shape index (κ3) is 4.87. The van der Waals surface area contributed by atoms with Gasteiger partial charge in [0.1, 0.15) is 5.75 Å². The average Bonchev–Trinajstić information content (AvgIpc) is 2.58. The number of carbonyl (C=O) groups excluding carboxylic acids is 1. The summed E-state index contributed by atoms with van der Waals surface area (Å²) in [5.41, 5.74) is -0.240. The van der Waals surface area contributed by atoms with E-state index >= 15 is 0 Å². The van der Waals surface area contributed by atoms with Crippen LogP contribution in [0.1, 0.15) is 16.8 Å². The second-order valence-corrected chi connectivity index (χ2v) is 4.88. The van der Waals surface area contributed by atoms with Gasteiger partial charge in [0.15, 0.2) is 0 Å². The lowest BCUT2D eigenvalue weighted by molar-refractivity contribution is -0.138. The van der Waals surface area contributed by atoms with Crippen LogP contribution >= 0.6 is 0 Å². The van der Waals surface area contributed by atoms with Crippen molar-refractivity contribution in [1.82, 2.24) is 15.6 Å². The molecule has 2 amide bonds. The molecule has 0 radical (unpaired) electrons. The Morgan fingerprint density at radius 2 is 1.92 bits per heavy atom. The van der Waals surface area contributed by atoms with Crippen molar-refractivity contribution in [2.75, 3.05) is 7.11 Å². The van der Waals surface area contributed by atoms with E-state index in [9.17, 15) is 18.0 Å². The van der Waals surface area contributed by atoms with E-state index in [-0.39, 0.29) is 24.4 Å². The predicted octanol–water partition coefficient (Wildman–Crippen LogP) is 3.11. The molecule has 1 aromatic heterocycles. The Balaban J connectivity index is 1.97. The first kappa shape index (κ1) is 17.6. The lowest BCUT2D eigenvalue weighted by Crippen LogP contribution is -2.35. The second kappa shape index (κ2) is 7.67. The highest BCUT2D eigenvalue weighted by atomic mass is 19.4. The van der Waals surface area contributed by atoms with Gasteiger partial charge in [-0.2, -0.15) is 13.2 Å². The Hall–Kier alpha value is -2.77.